The second-order valence-electron chi connectivity index (χ2n) is 5.67. The van der Waals surface area contributed by atoms with E-state index in [0.29, 0.717) is 6.42 Å². The Hall–Kier alpha value is -1.88. The van der Waals surface area contributed by atoms with Crippen LogP contribution in [-0.2, 0) is 16.0 Å². The van der Waals surface area contributed by atoms with Crippen LogP contribution >= 0.6 is 0 Å². The number of carbonyl (C=O) groups is 2. The van der Waals surface area contributed by atoms with Crippen molar-refractivity contribution in [3.05, 3.63) is 35.9 Å². The van der Waals surface area contributed by atoms with Crippen LogP contribution in [0.15, 0.2) is 30.3 Å². The van der Waals surface area contributed by atoms with E-state index in [1.54, 1.807) is 0 Å². The van der Waals surface area contributed by atoms with Gasteiger partial charge in [-0.3, -0.25) is 14.9 Å². The summed E-state index contributed by atoms with van der Waals surface area (Å²) in [5.41, 5.74) is -0.291. The van der Waals surface area contributed by atoms with Crippen molar-refractivity contribution in [2.45, 2.75) is 37.6 Å². The molecule has 5 nitrogen and oxygen atoms in total. The van der Waals surface area contributed by atoms with Crippen LogP contribution in [0, 0.1) is 5.92 Å². The molecule has 2 rings (SSSR count). The Kier molecular flexibility index (Phi) is 4.96. The first-order valence-corrected chi connectivity index (χ1v) is 7.29. The van der Waals surface area contributed by atoms with Gasteiger partial charge in [0.15, 0.2) is 0 Å². The maximum absolute atomic E-state index is 12.0. The Morgan fingerprint density at radius 2 is 1.76 bits per heavy atom. The zero-order chi connectivity index (χ0) is 15.3. The normalized spacial score (nSPS) is 18.3. The third-order valence-electron chi connectivity index (χ3n) is 4.31. The molecule has 5 heteroatoms. The molecule has 1 fully saturated rings. The average Bonchev–Trinajstić information content (AvgIpc) is 2.98. The summed E-state index contributed by atoms with van der Waals surface area (Å²) in [6, 6.07) is 9.39. The summed E-state index contributed by atoms with van der Waals surface area (Å²) >= 11 is 0. The van der Waals surface area contributed by atoms with Crippen LogP contribution in [0.25, 0.3) is 0 Å². The Bertz CT molecular complexity index is 496. The van der Waals surface area contributed by atoms with Crippen LogP contribution in [-0.4, -0.2) is 34.2 Å². The van der Waals surface area contributed by atoms with E-state index in [0.717, 1.165) is 31.2 Å². The van der Waals surface area contributed by atoms with Crippen molar-refractivity contribution in [2.75, 3.05) is 6.54 Å². The van der Waals surface area contributed by atoms with Gasteiger partial charge < -0.3 is 10.2 Å². The molecule has 0 aromatic heterocycles. The van der Waals surface area contributed by atoms with Crippen molar-refractivity contribution in [3.8, 4) is 0 Å². The smallest absolute Gasteiger partial charge is 0.324 e. The van der Waals surface area contributed by atoms with Gasteiger partial charge in [-0.05, 0) is 24.3 Å². The minimum absolute atomic E-state index is 0.0328. The molecule has 1 aliphatic carbocycles. The number of carboxylic acid groups (broad SMARTS) is 2. The maximum atomic E-state index is 12.0. The highest BCUT2D eigenvalue weighted by Gasteiger charge is 2.46. The van der Waals surface area contributed by atoms with Crippen LogP contribution in [0.3, 0.4) is 0 Å². The summed E-state index contributed by atoms with van der Waals surface area (Å²) < 4.78 is 0. The second kappa shape index (κ2) is 6.72. The van der Waals surface area contributed by atoms with E-state index in [1.165, 1.54) is 0 Å². The Balaban J connectivity index is 2.29. The molecular formula is C16H21NO4. The van der Waals surface area contributed by atoms with Crippen molar-refractivity contribution in [1.29, 1.82) is 0 Å². The highest BCUT2D eigenvalue weighted by atomic mass is 16.4. The predicted octanol–water partition coefficient (Wildman–Crippen LogP) is 1.92. The molecule has 1 atom stereocenters. The number of hydrogen-bond acceptors (Lipinski definition) is 3. The van der Waals surface area contributed by atoms with Gasteiger partial charge >= 0.3 is 11.9 Å². The molecule has 1 aromatic carbocycles. The molecule has 3 N–H and O–H groups in total. The minimum Gasteiger partial charge on any atom is -0.480 e. The van der Waals surface area contributed by atoms with Crippen molar-refractivity contribution >= 4 is 11.9 Å². The molecular weight excluding hydrogens is 270 g/mol. The number of hydrogen-bond donors (Lipinski definition) is 3. The third kappa shape index (κ3) is 3.61. The molecule has 1 aliphatic rings. The van der Waals surface area contributed by atoms with E-state index in [2.05, 4.69) is 5.32 Å². The Morgan fingerprint density at radius 3 is 2.29 bits per heavy atom. The molecule has 0 bridgehead atoms. The van der Waals surface area contributed by atoms with Crippen LogP contribution < -0.4 is 5.32 Å². The first kappa shape index (κ1) is 15.5. The van der Waals surface area contributed by atoms with Crippen molar-refractivity contribution in [2.24, 2.45) is 5.92 Å². The zero-order valence-electron chi connectivity index (χ0n) is 11.9. The van der Waals surface area contributed by atoms with Crippen LogP contribution in [0.2, 0.25) is 0 Å². The number of rotatable bonds is 7. The summed E-state index contributed by atoms with van der Waals surface area (Å²) in [6.45, 7) is -0.338. The van der Waals surface area contributed by atoms with E-state index in [-0.39, 0.29) is 12.5 Å². The monoisotopic (exact) mass is 291 g/mol. The van der Waals surface area contributed by atoms with Gasteiger partial charge in [-0.2, -0.15) is 0 Å². The molecule has 1 saturated carbocycles. The summed E-state index contributed by atoms with van der Waals surface area (Å²) in [7, 11) is 0. The van der Waals surface area contributed by atoms with E-state index in [9.17, 15) is 14.7 Å². The van der Waals surface area contributed by atoms with Crippen molar-refractivity contribution < 1.29 is 19.8 Å². The predicted molar refractivity (Wildman–Crippen MR) is 78.1 cm³/mol. The van der Waals surface area contributed by atoms with Gasteiger partial charge in [0, 0.05) is 6.42 Å². The highest BCUT2D eigenvalue weighted by Crippen LogP contribution is 2.36. The molecule has 21 heavy (non-hydrogen) atoms. The molecule has 0 amide bonds. The lowest BCUT2D eigenvalue weighted by Gasteiger charge is -2.36. The van der Waals surface area contributed by atoms with Gasteiger partial charge in [0.25, 0.3) is 0 Å². The van der Waals surface area contributed by atoms with Gasteiger partial charge in [-0.15, -0.1) is 0 Å². The molecule has 0 heterocycles. The number of nitrogens with one attached hydrogen (secondary N) is 1. The summed E-state index contributed by atoms with van der Waals surface area (Å²) in [5, 5.41) is 21.5. The molecule has 0 saturated heterocycles. The number of carboxylic acids is 2. The minimum atomic E-state index is -1.20. The Labute approximate surface area is 124 Å². The maximum Gasteiger partial charge on any atom is 0.324 e. The van der Waals surface area contributed by atoms with Gasteiger partial charge in [-0.25, -0.2) is 0 Å². The lowest BCUT2D eigenvalue weighted by Crippen LogP contribution is -2.59. The van der Waals surface area contributed by atoms with Crippen molar-refractivity contribution in [1.82, 2.24) is 5.32 Å². The van der Waals surface area contributed by atoms with E-state index in [1.807, 2.05) is 30.3 Å². The lowest BCUT2D eigenvalue weighted by molar-refractivity contribution is -0.148. The fraction of sp³-hybridized carbons (Fsp3) is 0.500. The molecule has 0 radical (unpaired) electrons. The van der Waals surface area contributed by atoms with E-state index < -0.39 is 17.5 Å². The first-order chi connectivity index (χ1) is 10.0. The van der Waals surface area contributed by atoms with Crippen LogP contribution in [0.4, 0.5) is 0 Å². The molecule has 1 unspecified atom stereocenters. The Morgan fingerprint density at radius 1 is 1.14 bits per heavy atom. The van der Waals surface area contributed by atoms with E-state index >= 15 is 0 Å². The molecule has 0 spiro atoms. The second-order valence-corrected chi connectivity index (χ2v) is 5.67. The summed E-state index contributed by atoms with van der Waals surface area (Å²) in [4.78, 5) is 22.9. The van der Waals surface area contributed by atoms with E-state index in [4.69, 9.17) is 5.11 Å². The van der Waals surface area contributed by atoms with Gasteiger partial charge in [0.2, 0.25) is 0 Å². The molecule has 0 aliphatic heterocycles. The number of aliphatic carboxylic acids is 2. The first-order valence-electron chi connectivity index (χ1n) is 7.29. The van der Waals surface area contributed by atoms with Gasteiger partial charge in [0.1, 0.15) is 5.54 Å². The summed E-state index contributed by atoms with van der Waals surface area (Å²) in [5.74, 6) is -2.03. The van der Waals surface area contributed by atoms with Crippen molar-refractivity contribution in [3.63, 3.8) is 0 Å². The quantitative estimate of drug-likeness (QED) is 0.714. The fourth-order valence-corrected chi connectivity index (χ4v) is 3.25. The largest absolute Gasteiger partial charge is 0.480 e. The highest BCUT2D eigenvalue weighted by molar-refractivity contribution is 5.81. The fourth-order valence-electron chi connectivity index (χ4n) is 3.25. The van der Waals surface area contributed by atoms with Crippen LogP contribution in [0.5, 0.6) is 0 Å². The third-order valence-corrected chi connectivity index (χ3v) is 4.31. The zero-order valence-corrected chi connectivity index (χ0v) is 11.9. The topological polar surface area (TPSA) is 86.6 Å². The molecule has 114 valence electrons. The lowest BCUT2D eigenvalue weighted by atomic mass is 9.77. The number of benzene rings is 1. The van der Waals surface area contributed by atoms with Gasteiger partial charge in [-0.1, -0.05) is 43.2 Å². The van der Waals surface area contributed by atoms with Gasteiger partial charge in [0.05, 0.1) is 6.54 Å². The van der Waals surface area contributed by atoms with Crippen LogP contribution in [0.1, 0.15) is 31.2 Å². The standard InChI is InChI=1S/C16H21NO4/c18-14(19)11-17-16(15(20)21,13-8-4-5-9-13)10-12-6-2-1-3-7-12/h1-3,6-7,13,17H,4-5,8-11H2,(H,18,19)(H,20,21). The average molecular weight is 291 g/mol. The SMILES string of the molecule is O=C(O)CNC(Cc1ccccc1)(C(=O)O)C1CCCC1. The summed E-state index contributed by atoms with van der Waals surface area (Å²) in [6.07, 6.45) is 3.96. The molecule has 1 aromatic rings.